The summed E-state index contributed by atoms with van der Waals surface area (Å²) in [6.45, 7) is 2.58. The van der Waals surface area contributed by atoms with Crippen LogP contribution in [0.4, 0.5) is 13.2 Å². The summed E-state index contributed by atoms with van der Waals surface area (Å²) < 4.78 is 52.3. The monoisotopic (exact) mass is 476 g/mol. The molecule has 1 aromatic carbocycles. The number of hydrogen-bond acceptors (Lipinski definition) is 6. The number of esters is 1. The molecule has 1 aliphatic rings. The topological polar surface area (TPSA) is 86.0 Å². The molecule has 0 unspecified atom stereocenters. The smallest absolute Gasteiger partial charge is 0.433 e. The molecular weight excluding hydrogens is 453 g/mol. The van der Waals surface area contributed by atoms with Gasteiger partial charge in [0, 0.05) is 24.7 Å². The Balaban J connectivity index is 1.63. The van der Waals surface area contributed by atoms with Gasteiger partial charge in [0.2, 0.25) is 0 Å². The van der Waals surface area contributed by atoms with Crippen LogP contribution in [0, 0.1) is 5.92 Å². The lowest BCUT2D eigenvalue weighted by Gasteiger charge is -2.30. The molecule has 1 amide bonds. The van der Waals surface area contributed by atoms with Crippen molar-refractivity contribution < 1.29 is 32.2 Å². The third-order valence-electron chi connectivity index (χ3n) is 5.72. The van der Waals surface area contributed by atoms with E-state index in [0.717, 1.165) is 6.07 Å². The molecule has 1 aliphatic heterocycles. The number of alkyl halides is 3. The zero-order chi connectivity index (χ0) is 24.5. The van der Waals surface area contributed by atoms with E-state index in [9.17, 15) is 22.8 Å². The van der Waals surface area contributed by atoms with E-state index < -0.39 is 17.8 Å². The summed E-state index contributed by atoms with van der Waals surface area (Å²) in [5.41, 5.74) is -0.714. The van der Waals surface area contributed by atoms with Crippen molar-refractivity contribution in [1.29, 1.82) is 0 Å². The second-order valence-electron chi connectivity index (χ2n) is 7.87. The van der Waals surface area contributed by atoms with Gasteiger partial charge in [-0.1, -0.05) is 0 Å². The third-order valence-corrected chi connectivity index (χ3v) is 5.72. The fourth-order valence-electron chi connectivity index (χ4n) is 3.93. The minimum absolute atomic E-state index is 0.0922. The van der Waals surface area contributed by atoms with Crippen LogP contribution >= 0.6 is 0 Å². The van der Waals surface area contributed by atoms with Gasteiger partial charge in [0.25, 0.3) is 5.91 Å². The molecule has 0 atom stereocenters. The van der Waals surface area contributed by atoms with Gasteiger partial charge < -0.3 is 14.4 Å². The maximum atomic E-state index is 13.8. The molecule has 1 saturated heterocycles. The number of carbonyl (C=O) groups excluding carboxylic acids is 2. The molecular formula is C23H23F3N4O4. The first kappa shape index (κ1) is 23.5. The summed E-state index contributed by atoms with van der Waals surface area (Å²) >= 11 is 0. The standard InChI is InChI=1S/C23H23F3N4O4/c1-3-34-22(32)15-8-10-29(11-9-15)21(31)18-13-20-27-17(14-4-6-16(33-2)7-5-14)12-19(23(24,25)26)30(20)28-18/h4-7,12-13,15H,3,8-11H2,1-2H3. The first-order valence-electron chi connectivity index (χ1n) is 10.8. The van der Waals surface area contributed by atoms with Crippen molar-refractivity contribution in [2.24, 2.45) is 5.92 Å². The predicted molar refractivity (Wildman–Crippen MR) is 115 cm³/mol. The van der Waals surface area contributed by atoms with Crippen molar-refractivity contribution in [2.45, 2.75) is 25.9 Å². The maximum Gasteiger partial charge on any atom is 0.433 e. The molecule has 0 radical (unpaired) electrons. The number of hydrogen-bond donors (Lipinski definition) is 0. The largest absolute Gasteiger partial charge is 0.497 e. The fraction of sp³-hybridized carbons (Fsp3) is 0.391. The number of nitrogens with zero attached hydrogens (tertiary/aromatic N) is 4. The number of amides is 1. The predicted octanol–water partition coefficient (Wildman–Crippen LogP) is 3.84. The Morgan fingerprint density at radius 1 is 1.12 bits per heavy atom. The average molecular weight is 476 g/mol. The summed E-state index contributed by atoms with van der Waals surface area (Å²) in [4.78, 5) is 30.7. The van der Waals surface area contributed by atoms with E-state index in [2.05, 4.69) is 10.1 Å². The molecule has 3 heterocycles. The fourth-order valence-corrected chi connectivity index (χ4v) is 3.93. The Morgan fingerprint density at radius 2 is 1.79 bits per heavy atom. The van der Waals surface area contributed by atoms with Crippen LogP contribution in [0.15, 0.2) is 36.4 Å². The summed E-state index contributed by atoms with van der Waals surface area (Å²) in [7, 11) is 1.49. The molecule has 8 nitrogen and oxygen atoms in total. The van der Waals surface area contributed by atoms with E-state index in [1.807, 2.05) is 0 Å². The van der Waals surface area contributed by atoms with Crippen molar-refractivity contribution in [3.8, 4) is 17.0 Å². The highest BCUT2D eigenvalue weighted by Gasteiger charge is 2.36. The van der Waals surface area contributed by atoms with Crippen molar-refractivity contribution in [3.63, 3.8) is 0 Å². The van der Waals surface area contributed by atoms with E-state index in [0.29, 0.717) is 28.7 Å². The molecule has 0 N–H and O–H groups in total. The van der Waals surface area contributed by atoms with Gasteiger partial charge in [-0.25, -0.2) is 9.50 Å². The van der Waals surface area contributed by atoms with Gasteiger partial charge in [-0.3, -0.25) is 9.59 Å². The Labute approximate surface area is 193 Å². The van der Waals surface area contributed by atoms with Crippen LogP contribution in [0.2, 0.25) is 0 Å². The lowest BCUT2D eigenvalue weighted by molar-refractivity contribution is -0.149. The highest BCUT2D eigenvalue weighted by molar-refractivity contribution is 5.93. The number of ether oxygens (including phenoxy) is 2. The summed E-state index contributed by atoms with van der Waals surface area (Å²) in [6.07, 6.45) is -3.87. The van der Waals surface area contributed by atoms with Gasteiger partial charge in [0.05, 0.1) is 25.3 Å². The second-order valence-corrected chi connectivity index (χ2v) is 7.87. The number of carbonyl (C=O) groups is 2. The zero-order valence-corrected chi connectivity index (χ0v) is 18.6. The molecule has 4 rings (SSSR count). The molecule has 0 saturated carbocycles. The zero-order valence-electron chi connectivity index (χ0n) is 18.6. The Hall–Kier alpha value is -3.63. The van der Waals surface area contributed by atoms with Crippen LogP contribution in [-0.2, 0) is 15.7 Å². The summed E-state index contributed by atoms with van der Waals surface area (Å²) in [6, 6.07) is 8.62. The number of benzene rings is 1. The minimum atomic E-state index is -4.72. The quantitative estimate of drug-likeness (QED) is 0.520. The van der Waals surface area contributed by atoms with Gasteiger partial charge >= 0.3 is 12.1 Å². The van der Waals surface area contributed by atoms with Gasteiger partial charge in [0.1, 0.15) is 5.75 Å². The van der Waals surface area contributed by atoms with E-state index in [-0.39, 0.29) is 48.6 Å². The van der Waals surface area contributed by atoms with Gasteiger partial charge in [-0.05, 0) is 50.1 Å². The maximum absolute atomic E-state index is 13.8. The lowest BCUT2D eigenvalue weighted by Crippen LogP contribution is -2.40. The van der Waals surface area contributed by atoms with E-state index >= 15 is 0 Å². The average Bonchev–Trinajstić information content (AvgIpc) is 3.26. The van der Waals surface area contributed by atoms with Gasteiger partial charge in [0.15, 0.2) is 17.0 Å². The van der Waals surface area contributed by atoms with Crippen LogP contribution in [0.1, 0.15) is 35.9 Å². The second kappa shape index (κ2) is 9.32. The molecule has 0 aliphatic carbocycles. The molecule has 11 heteroatoms. The number of aromatic nitrogens is 3. The Bertz CT molecular complexity index is 1200. The Morgan fingerprint density at radius 3 is 2.38 bits per heavy atom. The first-order chi connectivity index (χ1) is 16.2. The van der Waals surface area contributed by atoms with Gasteiger partial charge in [-0.2, -0.15) is 18.3 Å². The molecule has 2 aromatic heterocycles. The van der Waals surface area contributed by atoms with E-state index in [1.165, 1.54) is 18.1 Å². The number of halogens is 3. The molecule has 3 aromatic rings. The molecule has 180 valence electrons. The van der Waals surface area contributed by atoms with Gasteiger partial charge in [-0.15, -0.1) is 0 Å². The number of likely N-dealkylation sites (tertiary alicyclic amines) is 1. The van der Waals surface area contributed by atoms with Crippen LogP contribution in [0.3, 0.4) is 0 Å². The molecule has 1 fully saturated rings. The van der Waals surface area contributed by atoms with Crippen LogP contribution in [-0.4, -0.2) is 58.2 Å². The number of rotatable bonds is 5. The summed E-state index contributed by atoms with van der Waals surface area (Å²) in [5, 5.41) is 3.93. The highest BCUT2D eigenvalue weighted by Crippen LogP contribution is 2.33. The third kappa shape index (κ3) is 4.68. The lowest BCUT2D eigenvalue weighted by atomic mass is 9.97. The van der Waals surface area contributed by atoms with Crippen LogP contribution < -0.4 is 4.74 Å². The number of piperidine rings is 1. The van der Waals surface area contributed by atoms with Crippen LogP contribution in [0.25, 0.3) is 16.9 Å². The highest BCUT2D eigenvalue weighted by atomic mass is 19.4. The number of methoxy groups -OCH3 is 1. The summed E-state index contributed by atoms with van der Waals surface area (Å²) in [5.74, 6) is -0.542. The molecule has 0 bridgehead atoms. The first-order valence-corrected chi connectivity index (χ1v) is 10.8. The van der Waals surface area contributed by atoms with Crippen molar-refractivity contribution >= 4 is 17.5 Å². The molecule has 0 spiro atoms. The van der Waals surface area contributed by atoms with Crippen molar-refractivity contribution in [1.82, 2.24) is 19.5 Å². The normalized spacial score (nSPS) is 14.9. The number of fused-ring (bicyclic) bond motifs is 1. The molecule has 34 heavy (non-hydrogen) atoms. The van der Waals surface area contributed by atoms with E-state index in [4.69, 9.17) is 9.47 Å². The van der Waals surface area contributed by atoms with Crippen LogP contribution in [0.5, 0.6) is 5.75 Å². The van der Waals surface area contributed by atoms with Crippen molar-refractivity contribution in [3.05, 3.63) is 47.8 Å². The van der Waals surface area contributed by atoms with Crippen molar-refractivity contribution in [2.75, 3.05) is 26.8 Å². The minimum Gasteiger partial charge on any atom is -0.497 e. The van der Waals surface area contributed by atoms with E-state index in [1.54, 1.807) is 31.2 Å². The SMILES string of the molecule is CCOC(=O)C1CCN(C(=O)c2cc3nc(-c4ccc(OC)cc4)cc(C(F)(F)F)n3n2)CC1. The Kier molecular flexibility index (Phi) is 6.45.